The molecule has 0 unspecified atom stereocenters. The van der Waals surface area contributed by atoms with Crippen molar-refractivity contribution in [3.05, 3.63) is 29.3 Å². The molecule has 0 spiro atoms. The Labute approximate surface area is 156 Å². The zero-order valence-electron chi connectivity index (χ0n) is 15.1. The molecule has 0 aliphatic carbocycles. The minimum Gasteiger partial charge on any atom is -0.385 e. The van der Waals surface area contributed by atoms with Crippen molar-refractivity contribution in [2.24, 2.45) is 0 Å². The third kappa shape index (κ3) is 5.13. The summed E-state index contributed by atoms with van der Waals surface area (Å²) in [5, 5.41) is 3.88. The van der Waals surface area contributed by atoms with Gasteiger partial charge in [-0.3, -0.25) is 0 Å². The fourth-order valence-electron chi connectivity index (χ4n) is 2.78. The predicted octanol–water partition coefficient (Wildman–Crippen LogP) is 1.52. The molecule has 1 fully saturated rings. The van der Waals surface area contributed by atoms with Crippen molar-refractivity contribution in [3.63, 3.8) is 0 Å². The number of piperazine rings is 1. The van der Waals surface area contributed by atoms with Gasteiger partial charge in [0, 0.05) is 46.4 Å². The van der Waals surface area contributed by atoms with Gasteiger partial charge in [-0.2, -0.15) is 4.31 Å². The molecule has 1 aromatic rings. The van der Waals surface area contributed by atoms with E-state index in [4.69, 9.17) is 17.0 Å². The maximum atomic E-state index is 12.9. The maximum absolute atomic E-state index is 12.9. The number of benzene rings is 1. The summed E-state index contributed by atoms with van der Waals surface area (Å²) < 4.78 is 32.4. The predicted molar refractivity (Wildman–Crippen MR) is 103 cm³/mol. The number of thiocarbonyl (C=S) groups is 1. The van der Waals surface area contributed by atoms with Crippen LogP contribution in [0.3, 0.4) is 0 Å². The standard InChI is InChI=1S/C17H27N3O3S2/c1-14-5-6-15(2)16(13-14)25(21,22)20-10-8-19(9-11-20)17(24)18-7-4-12-23-3/h5-6,13H,4,7-12H2,1-3H3,(H,18,24). The highest BCUT2D eigenvalue weighted by Crippen LogP contribution is 2.22. The van der Waals surface area contributed by atoms with Crippen molar-refractivity contribution in [2.75, 3.05) is 46.4 Å². The smallest absolute Gasteiger partial charge is 0.243 e. The summed E-state index contributed by atoms with van der Waals surface area (Å²) in [6.45, 7) is 7.27. The van der Waals surface area contributed by atoms with E-state index in [2.05, 4.69) is 5.32 Å². The van der Waals surface area contributed by atoms with Crippen LogP contribution >= 0.6 is 12.2 Å². The number of aryl methyl sites for hydroxylation is 2. The van der Waals surface area contributed by atoms with Gasteiger partial charge in [-0.25, -0.2) is 8.42 Å². The van der Waals surface area contributed by atoms with Gasteiger partial charge >= 0.3 is 0 Å². The molecule has 0 atom stereocenters. The van der Waals surface area contributed by atoms with Gasteiger partial charge in [0.05, 0.1) is 4.90 Å². The summed E-state index contributed by atoms with van der Waals surface area (Å²) in [6, 6.07) is 5.54. The molecule has 0 saturated carbocycles. The fraction of sp³-hybridized carbons (Fsp3) is 0.588. The van der Waals surface area contributed by atoms with E-state index in [0.29, 0.717) is 42.8 Å². The van der Waals surface area contributed by atoms with Crippen LogP contribution in [0.4, 0.5) is 0 Å². The third-order valence-corrected chi connectivity index (χ3v) is 6.73. The maximum Gasteiger partial charge on any atom is 0.243 e. The molecule has 0 aromatic heterocycles. The molecule has 6 nitrogen and oxygen atoms in total. The number of hydrogen-bond donors (Lipinski definition) is 1. The second-order valence-electron chi connectivity index (χ2n) is 6.24. The van der Waals surface area contributed by atoms with Crippen molar-refractivity contribution in [1.82, 2.24) is 14.5 Å². The van der Waals surface area contributed by atoms with E-state index in [9.17, 15) is 8.42 Å². The van der Waals surface area contributed by atoms with Crippen LogP contribution in [-0.2, 0) is 14.8 Å². The van der Waals surface area contributed by atoms with Crippen LogP contribution in [0.25, 0.3) is 0 Å². The van der Waals surface area contributed by atoms with E-state index in [-0.39, 0.29) is 0 Å². The van der Waals surface area contributed by atoms with E-state index in [1.807, 2.05) is 30.9 Å². The third-order valence-electron chi connectivity index (χ3n) is 4.29. The van der Waals surface area contributed by atoms with Crippen LogP contribution < -0.4 is 5.32 Å². The van der Waals surface area contributed by atoms with Gasteiger partial charge in [0.15, 0.2) is 5.11 Å². The van der Waals surface area contributed by atoms with Crippen molar-refractivity contribution in [2.45, 2.75) is 25.2 Å². The number of rotatable bonds is 6. The van der Waals surface area contributed by atoms with Crippen molar-refractivity contribution >= 4 is 27.4 Å². The highest BCUT2D eigenvalue weighted by atomic mass is 32.2. The first-order valence-corrected chi connectivity index (χ1v) is 10.3. The molecule has 0 amide bonds. The number of nitrogens with one attached hydrogen (secondary N) is 1. The van der Waals surface area contributed by atoms with Crippen LogP contribution in [0, 0.1) is 13.8 Å². The Kier molecular flexibility index (Phi) is 7.18. The summed E-state index contributed by atoms with van der Waals surface area (Å²) in [6.07, 6.45) is 0.887. The monoisotopic (exact) mass is 385 g/mol. The first-order valence-electron chi connectivity index (χ1n) is 8.45. The van der Waals surface area contributed by atoms with Gasteiger partial charge in [0.2, 0.25) is 10.0 Å². The van der Waals surface area contributed by atoms with Gasteiger partial charge < -0.3 is 15.0 Å². The fourth-order valence-corrected chi connectivity index (χ4v) is 4.80. The molecule has 0 bridgehead atoms. The average Bonchev–Trinajstić information content (AvgIpc) is 2.60. The van der Waals surface area contributed by atoms with Crippen LogP contribution in [0.5, 0.6) is 0 Å². The average molecular weight is 386 g/mol. The summed E-state index contributed by atoms with van der Waals surface area (Å²) in [5.41, 5.74) is 1.73. The van der Waals surface area contributed by atoms with Gasteiger partial charge in [0.1, 0.15) is 0 Å². The first kappa shape index (κ1) is 20.1. The molecule has 1 aliphatic heterocycles. The molecular weight excluding hydrogens is 358 g/mol. The van der Waals surface area contributed by atoms with E-state index >= 15 is 0 Å². The summed E-state index contributed by atoms with van der Waals surface area (Å²) >= 11 is 5.39. The second-order valence-corrected chi connectivity index (χ2v) is 8.53. The van der Waals surface area contributed by atoms with Gasteiger partial charge in [0.25, 0.3) is 0 Å². The molecule has 1 saturated heterocycles. The lowest BCUT2D eigenvalue weighted by Gasteiger charge is -2.35. The van der Waals surface area contributed by atoms with Gasteiger partial charge in [-0.15, -0.1) is 0 Å². The van der Waals surface area contributed by atoms with E-state index in [0.717, 1.165) is 24.1 Å². The molecule has 140 valence electrons. The van der Waals surface area contributed by atoms with Crippen LogP contribution in [0.1, 0.15) is 17.5 Å². The van der Waals surface area contributed by atoms with Crippen molar-refractivity contribution in [3.8, 4) is 0 Å². The molecule has 8 heteroatoms. The SMILES string of the molecule is COCCCNC(=S)N1CCN(S(=O)(=O)c2cc(C)ccc2C)CC1. The Balaban J connectivity index is 1.95. The molecule has 0 radical (unpaired) electrons. The summed E-state index contributed by atoms with van der Waals surface area (Å²) in [5.74, 6) is 0. The van der Waals surface area contributed by atoms with Crippen molar-refractivity contribution in [1.29, 1.82) is 0 Å². The molecule has 2 rings (SSSR count). The van der Waals surface area contributed by atoms with E-state index in [1.165, 1.54) is 0 Å². The molecular formula is C17H27N3O3S2. The molecule has 1 aliphatic rings. The lowest BCUT2D eigenvalue weighted by molar-refractivity contribution is 0.195. The van der Waals surface area contributed by atoms with Crippen molar-refractivity contribution < 1.29 is 13.2 Å². The Hall–Kier alpha value is -1.22. The molecule has 1 N–H and O–H groups in total. The largest absolute Gasteiger partial charge is 0.385 e. The van der Waals surface area contributed by atoms with Gasteiger partial charge in [-0.1, -0.05) is 12.1 Å². The number of nitrogens with zero attached hydrogens (tertiary/aromatic N) is 2. The normalized spacial score (nSPS) is 16.0. The second kappa shape index (κ2) is 8.93. The molecule has 1 heterocycles. The number of hydrogen-bond acceptors (Lipinski definition) is 4. The Morgan fingerprint density at radius 1 is 1.24 bits per heavy atom. The lowest BCUT2D eigenvalue weighted by Crippen LogP contribution is -2.53. The molecule has 25 heavy (non-hydrogen) atoms. The first-order chi connectivity index (χ1) is 11.9. The number of methoxy groups -OCH3 is 1. The number of sulfonamides is 1. The van der Waals surface area contributed by atoms with E-state index in [1.54, 1.807) is 17.5 Å². The highest BCUT2D eigenvalue weighted by Gasteiger charge is 2.30. The summed E-state index contributed by atoms with van der Waals surface area (Å²) in [7, 11) is -1.79. The topological polar surface area (TPSA) is 61.9 Å². The Morgan fingerprint density at radius 2 is 1.92 bits per heavy atom. The van der Waals surface area contributed by atoms with Crippen LogP contribution in [0.15, 0.2) is 23.1 Å². The van der Waals surface area contributed by atoms with Crippen LogP contribution in [-0.4, -0.2) is 69.2 Å². The molecule has 1 aromatic carbocycles. The zero-order valence-corrected chi connectivity index (χ0v) is 16.8. The van der Waals surface area contributed by atoms with Crippen LogP contribution in [0.2, 0.25) is 0 Å². The lowest BCUT2D eigenvalue weighted by atomic mass is 10.2. The summed E-state index contributed by atoms with van der Waals surface area (Å²) in [4.78, 5) is 2.43. The Bertz CT molecular complexity index is 699. The van der Waals surface area contributed by atoms with Gasteiger partial charge in [-0.05, 0) is 49.7 Å². The minimum atomic E-state index is -3.46. The quantitative estimate of drug-likeness (QED) is 0.592. The van der Waals surface area contributed by atoms with E-state index < -0.39 is 10.0 Å². The zero-order chi connectivity index (χ0) is 18.4. The Morgan fingerprint density at radius 3 is 2.56 bits per heavy atom. The number of ether oxygens (including phenoxy) is 1. The minimum absolute atomic E-state index is 0.404. The highest BCUT2D eigenvalue weighted by molar-refractivity contribution is 7.89.